The minimum Gasteiger partial charge on any atom is -0.352 e. The largest absolute Gasteiger partial charge is 0.352 e. The quantitative estimate of drug-likeness (QED) is 0.480. The summed E-state index contributed by atoms with van der Waals surface area (Å²) in [5, 5.41) is 2.53. The molecule has 0 bridgehead atoms. The fourth-order valence-corrected chi connectivity index (χ4v) is 0.620. The molecule has 3 heteroatoms. The lowest BCUT2D eigenvalue weighted by Crippen LogP contribution is -2.20. The molecule has 3 nitrogen and oxygen atoms in total. The van der Waals surface area contributed by atoms with Crippen LogP contribution in [0, 0.1) is 0 Å². The minimum atomic E-state index is -0.180. The van der Waals surface area contributed by atoms with Crippen molar-refractivity contribution in [3.63, 3.8) is 0 Å². The fraction of sp³-hybridized carbons (Fsp3) is 0.333. The van der Waals surface area contributed by atoms with E-state index >= 15 is 0 Å². The van der Waals surface area contributed by atoms with Crippen LogP contribution in [0.1, 0.15) is 6.42 Å². The van der Waals surface area contributed by atoms with Crippen molar-refractivity contribution in [1.29, 1.82) is 0 Å². The molecule has 0 spiro atoms. The van der Waals surface area contributed by atoms with E-state index in [1.807, 2.05) is 0 Å². The highest BCUT2D eigenvalue weighted by atomic mass is 16.2. The molecule has 0 unspecified atom stereocenters. The summed E-state index contributed by atoms with van der Waals surface area (Å²) in [5.74, 6) is -0.172. The summed E-state index contributed by atoms with van der Waals surface area (Å²) >= 11 is 0. The van der Waals surface area contributed by atoms with Gasteiger partial charge in [0.05, 0.1) is 0 Å². The lowest BCUT2D eigenvalue weighted by molar-refractivity contribution is -0.116. The number of amides is 1. The third-order valence-electron chi connectivity index (χ3n) is 1.09. The van der Waals surface area contributed by atoms with Gasteiger partial charge >= 0.3 is 0 Å². The number of hydrogen-bond donors (Lipinski definition) is 1. The molecule has 1 aliphatic rings. The Kier molecular flexibility index (Phi) is 1.63. The van der Waals surface area contributed by atoms with Crippen LogP contribution in [0.4, 0.5) is 0 Å². The van der Waals surface area contributed by atoms with Crippen molar-refractivity contribution >= 4 is 11.7 Å². The summed E-state index contributed by atoms with van der Waals surface area (Å²) in [6.07, 6.45) is 2.99. The summed E-state index contributed by atoms with van der Waals surface area (Å²) in [5.41, 5.74) is 0. The maximum atomic E-state index is 10.5. The van der Waals surface area contributed by atoms with Gasteiger partial charge in [-0.15, -0.1) is 0 Å². The van der Waals surface area contributed by atoms with Gasteiger partial charge in [0.1, 0.15) is 0 Å². The third kappa shape index (κ3) is 1.68. The highest BCUT2D eigenvalue weighted by molar-refractivity contribution is 5.99. The Labute approximate surface area is 52.7 Å². The molecule has 1 heterocycles. The lowest BCUT2D eigenvalue weighted by Gasteiger charge is -1.92. The Morgan fingerprint density at radius 2 is 2.11 bits per heavy atom. The van der Waals surface area contributed by atoms with Crippen LogP contribution in [0.5, 0.6) is 0 Å². The van der Waals surface area contributed by atoms with Gasteiger partial charge in [0.2, 0.25) is 5.91 Å². The van der Waals surface area contributed by atoms with Gasteiger partial charge in [0, 0.05) is 19.0 Å². The van der Waals surface area contributed by atoms with Gasteiger partial charge in [-0.2, -0.15) is 0 Å². The third-order valence-corrected chi connectivity index (χ3v) is 1.09. The topological polar surface area (TPSA) is 46.2 Å². The van der Waals surface area contributed by atoms with Crippen LogP contribution in [-0.2, 0) is 9.59 Å². The number of hydrogen-bond acceptors (Lipinski definition) is 2. The van der Waals surface area contributed by atoms with Gasteiger partial charge in [-0.05, 0) is 6.08 Å². The summed E-state index contributed by atoms with van der Waals surface area (Å²) in [6, 6.07) is 0. The molecule has 0 atom stereocenters. The van der Waals surface area contributed by atoms with Crippen molar-refractivity contribution in [3.05, 3.63) is 12.2 Å². The predicted octanol–water partition coefficient (Wildman–Crippen LogP) is -0.368. The first kappa shape index (κ1) is 6.01. The maximum Gasteiger partial charge on any atom is 0.244 e. The van der Waals surface area contributed by atoms with Crippen LogP contribution in [0.15, 0.2) is 12.2 Å². The smallest absolute Gasteiger partial charge is 0.244 e. The zero-order valence-corrected chi connectivity index (χ0v) is 4.89. The van der Waals surface area contributed by atoms with E-state index in [4.69, 9.17) is 0 Å². The van der Waals surface area contributed by atoms with E-state index in [0.29, 0.717) is 13.0 Å². The number of ketones is 1. The molecule has 0 aromatic heterocycles. The molecular formula is C6H7NO2. The van der Waals surface area contributed by atoms with E-state index in [1.165, 1.54) is 12.2 Å². The Morgan fingerprint density at radius 3 is 2.89 bits per heavy atom. The van der Waals surface area contributed by atoms with Gasteiger partial charge in [0.25, 0.3) is 0 Å². The van der Waals surface area contributed by atoms with E-state index < -0.39 is 0 Å². The first-order chi connectivity index (χ1) is 4.29. The van der Waals surface area contributed by atoms with E-state index in [2.05, 4.69) is 5.32 Å². The minimum absolute atomic E-state index is 0.00773. The summed E-state index contributed by atoms with van der Waals surface area (Å²) in [7, 11) is 0. The van der Waals surface area contributed by atoms with Crippen LogP contribution in [-0.4, -0.2) is 18.2 Å². The molecule has 0 aromatic carbocycles. The molecule has 0 aliphatic carbocycles. The molecule has 1 N–H and O–H groups in total. The van der Waals surface area contributed by atoms with Crippen molar-refractivity contribution < 1.29 is 9.59 Å². The molecule has 0 saturated heterocycles. The standard InChI is InChI=1S/C6H7NO2/c8-5-1-2-6(9)7-4-3-5/h1-2H,3-4H2,(H,7,9). The fourth-order valence-electron chi connectivity index (χ4n) is 0.620. The van der Waals surface area contributed by atoms with Crippen molar-refractivity contribution in [2.24, 2.45) is 0 Å². The van der Waals surface area contributed by atoms with Gasteiger partial charge in [-0.1, -0.05) is 0 Å². The van der Waals surface area contributed by atoms with Crippen LogP contribution in [0.2, 0.25) is 0 Å². The molecule has 0 saturated carbocycles. The molecule has 0 radical (unpaired) electrons. The average molecular weight is 125 g/mol. The molecule has 1 aliphatic heterocycles. The SMILES string of the molecule is O=C1C=CC(=O)NCC1. The molecule has 0 fully saturated rings. The number of nitrogens with one attached hydrogen (secondary N) is 1. The second kappa shape index (κ2) is 2.44. The zero-order valence-electron chi connectivity index (χ0n) is 4.89. The van der Waals surface area contributed by atoms with Gasteiger partial charge in [-0.3, -0.25) is 9.59 Å². The first-order valence-electron chi connectivity index (χ1n) is 2.78. The molecule has 9 heavy (non-hydrogen) atoms. The molecule has 48 valence electrons. The zero-order chi connectivity index (χ0) is 6.69. The number of carbonyl (C=O) groups is 2. The Bertz CT molecular complexity index is 154. The van der Waals surface area contributed by atoms with Crippen LogP contribution >= 0.6 is 0 Å². The Hall–Kier alpha value is -1.12. The van der Waals surface area contributed by atoms with Crippen molar-refractivity contribution in [3.8, 4) is 0 Å². The maximum absolute atomic E-state index is 10.5. The van der Waals surface area contributed by atoms with Gasteiger partial charge in [-0.25, -0.2) is 0 Å². The first-order valence-corrected chi connectivity index (χ1v) is 2.78. The van der Waals surface area contributed by atoms with Crippen LogP contribution < -0.4 is 5.32 Å². The Morgan fingerprint density at radius 1 is 1.33 bits per heavy atom. The number of allylic oxidation sites excluding steroid dienone is 1. The van der Waals surface area contributed by atoms with E-state index in [1.54, 1.807) is 0 Å². The van der Waals surface area contributed by atoms with E-state index in [0.717, 1.165) is 0 Å². The number of rotatable bonds is 0. The van der Waals surface area contributed by atoms with Crippen LogP contribution in [0.3, 0.4) is 0 Å². The second-order valence-electron chi connectivity index (χ2n) is 1.84. The van der Waals surface area contributed by atoms with Crippen molar-refractivity contribution in [2.75, 3.05) is 6.54 Å². The number of carbonyl (C=O) groups excluding carboxylic acids is 2. The highest BCUT2D eigenvalue weighted by Gasteiger charge is 2.03. The Balaban J connectivity index is 2.63. The van der Waals surface area contributed by atoms with E-state index in [9.17, 15) is 9.59 Å². The normalized spacial score (nSPS) is 19.1. The van der Waals surface area contributed by atoms with E-state index in [-0.39, 0.29) is 11.7 Å². The predicted molar refractivity (Wildman–Crippen MR) is 31.8 cm³/mol. The molecule has 0 aromatic rings. The molecule has 1 amide bonds. The molecular weight excluding hydrogens is 118 g/mol. The monoisotopic (exact) mass is 125 g/mol. The summed E-state index contributed by atoms with van der Waals surface area (Å²) in [6.45, 7) is 0.463. The average Bonchev–Trinajstić information content (AvgIpc) is 1.97. The molecule has 1 rings (SSSR count). The summed E-state index contributed by atoms with van der Waals surface area (Å²) < 4.78 is 0. The van der Waals surface area contributed by atoms with Crippen molar-refractivity contribution in [1.82, 2.24) is 5.32 Å². The van der Waals surface area contributed by atoms with Gasteiger partial charge in [0.15, 0.2) is 5.78 Å². The van der Waals surface area contributed by atoms with Crippen LogP contribution in [0.25, 0.3) is 0 Å². The lowest BCUT2D eigenvalue weighted by atomic mass is 10.3. The highest BCUT2D eigenvalue weighted by Crippen LogP contribution is 1.88. The second-order valence-corrected chi connectivity index (χ2v) is 1.84. The van der Waals surface area contributed by atoms with Gasteiger partial charge < -0.3 is 5.32 Å². The van der Waals surface area contributed by atoms with Crippen molar-refractivity contribution in [2.45, 2.75) is 6.42 Å². The summed E-state index contributed by atoms with van der Waals surface area (Å²) in [4.78, 5) is 21.0.